The van der Waals surface area contributed by atoms with E-state index < -0.39 is 0 Å². The molecular formula is C17H26N2O. The van der Waals surface area contributed by atoms with Gasteiger partial charge in [-0.2, -0.15) is 0 Å². The Morgan fingerprint density at radius 3 is 2.55 bits per heavy atom. The largest absolute Gasteiger partial charge is 0.448 e. The summed E-state index contributed by atoms with van der Waals surface area (Å²) in [5.41, 5.74) is 5.63. The molecular weight excluding hydrogens is 248 g/mol. The molecule has 0 unspecified atom stereocenters. The quantitative estimate of drug-likeness (QED) is 0.525. The number of aliphatic imine (C=N–C) groups is 1. The molecule has 0 saturated carbocycles. The second-order valence-corrected chi connectivity index (χ2v) is 5.12. The summed E-state index contributed by atoms with van der Waals surface area (Å²) in [6.45, 7) is 15.3. The Morgan fingerprint density at radius 2 is 2.05 bits per heavy atom. The molecule has 0 fully saturated rings. The first-order valence-electron chi connectivity index (χ1n) is 7.29. The van der Waals surface area contributed by atoms with Gasteiger partial charge in [0.05, 0.1) is 12.3 Å². The molecule has 1 aromatic rings. The van der Waals surface area contributed by atoms with Crippen LogP contribution in [0.25, 0.3) is 0 Å². The van der Waals surface area contributed by atoms with E-state index in [0.29, 0.717) is 6.54 Å². The van der Waals surface area contributed by atoms with Crippen molar-refractivity contribution in [2.24, 2.45) is 4.99 Å². The second-order valence-electron chi connectivity index (χ2n) is 5.12. The number of allylic oxidation sites excluding steroid dienone is 1. The number of aryl methyl sites for hydroxylation is 1. The van der Waals surface area contributed by atoms with E-state index in [1.807, 2.05) is 13.8 Å². The van der Waals surface area contributed by atoms with E-state index in [1.165, 1.54) is 23.1 Å². The first-order valence-corrected chi connectivity index (χ1v) is 7.29. The number of hydrogen-bond donors (Lipinski definition) is 0. The first kappa shape index (κ1) is 16.4. The predicted octanol–water partition coefficient (Wildman–Crippen LogP) is 4.87. The van der Waals surface area contributed by atoms with Gasteiger partial charge in [-0.3, -0.25) is 4.99 Å². The lowest BCUT2D eigenvalue weighted by Crippen LogP contribution is -2.03. The van der Waals surface area contributed by atoms with Crippen molar-refractivity contribution in [1.82, 2.24) is 4.98 Å². The Hall–Kier alpha value is -1.64. The first-order chi connectivity index (χ1) is 9.51. The lowest BCUT2D eigenvalue weighted by molar-refractivity contribution is 0.526. The third-order valence-corrected chi connectivity index (χ3v) is 3.59. The predicted molar refractivity (Wildman–Crippen MR) is 85.4 cm³/mol. The zero-order valence-electron chi connectivity index (χ0n) is 13.4. The molecule has 0 amide bonds. The topological polar surface area (TPSA) is 38.4 Å². The summed E-state index contributed by atoms with van der Waals surface area (Å²) in [5.74, 6) is 0.816. The van der Waals surface area contributed by atoms with Crippen molar-refractivity contribution in [3.05, 3.63) is 41.1 Å². The lowest BCUT2D eigenvalue weighted by Gasteiger charge is -2.12. The fourth-order valence-corrected chi connectivity index (χ4v) is 2.14. The third-order valence-electron chi connectivity index (χ3n) is 3.59. The highest BCUT2D eigenvalue weighted by Gasteiger charge is 2.09. The van der Waals surface area contributed by atoms with Crippen LogP contribution in [0.5, 0.6) is 0 Å². The minimum Gasteiger partial charge on any atom is -0.448 e. The van der Waals surface area contributed by atoms with Crippen LogP contribution in [-0.2, 0) is 0 Å². The van der Waals surface area contributed by atoms with Gasteiger partial charge in [-0.05, 0) is 39.2 Å². The third kappa shape index (κ3) is 4.19. The highest BCUT2D eigenvalue weighted by molar-refractivity contribution is 5.97. The normalized spacial score (nSPS) is 13.3. The van der Waals surface area contributed by atoms with Gasteiger partial charge in [0.25, 0.3) is 0 Å². The average Bonchev–Trinajstić information content (AvgIpc) is 2.85. The van der Waals surface area contributed by atoms with Crippen LogP contribution in [0.3, 0.4) is 0 Å². The molecule has 0 saturated heterocycles. The van der Waals surface area contributed by atoms with E-state index in [2.05, 4.69) is 37.3 Å². The van der Waals surface area contributed by atoms with Crippen molar-refractivity contribution in [3.63, 3.8) is 0 Å². The van der Waals surface area contributed by atoms with Crippen LogP contribution < -0.4 is 0 Å². The van der Waals surface area contributed by atoms with E-state index in [-0.39, 0.29) is 0 Å². The molecule has 1 heterocycles. The zero-order valence-corrected chi connectivity index (χ0v) is 13.4. The molecule has 0 aliphatic heterocycles. The average molecular weight is 274 g/mol. The van der Waals surface area contributed by atoms with Crippen LogP contribution >= 0.6 is 0 Å². The van der Waals surface area contributed by atoms with E-state index in [0.717, 1.165) is 36.4 Å². The minimum atomic E-state index is 0.677. The Bertz CT molecular complexity index is 521. The molecule has 3 heteroatoms. The molecule has 110 valence electrons. The molecule has 0 N–H and O–H groups in total. The van der Waals surface area contributed by atoms with E-state index in [4.69, 9.17) is 4.42 Å². The van der Waals surface area contributed by atoms with Crippen LogP contribution in [-0.4, -0.2) is 17.2 Å². The molecule has 0 aliphatic carbocycles. The molecule has 0 spiro atoms. The fourth-order valence-electron chi connectivity index (χ4n) is 2.14. The molecule has 0 atom stereocenters. The van der Waals surface area contributed by atoms with Gasteiger partial charge in [-0.1, -0.05) is 38.0 Å². The van der Waals surface area contributed by atoms with Gasteiger partial charge in [0.15, 0.2) is 6.39 Å². The number of rotatable bonds is 7. The number of oxazole rings is 1. The highest BCUT2D eigenvalue weighted by Crippen LogP contribution is 2.20. The Balaban J connectivity index is 2.92. The Morgan fingerprint density at radius 1 is 1.35 bits per heavy atom. The highest BCUT2D eigenvalue weighted by atomic mass is 16.3. The monoisotopic (exact) mass is 274 g/mol. The van der Waals surface area contributed by atoms with Gasteiger partial charge in [-0.15, -0.1) is 0 Å². The molecule has 3 nitrogen and oxygen atoms in total. The van der Waals surface area contributed by atoms with Crippen molar-refractivity contribution in [2.45, 2.75) is 53.9 Å². The standard InChI is InChI=1S/C17H26N2O/c1-7-9-13(4)16(12(3)8-2)10-18-14(5)17-15(6)20-11-19-17/h11H,4,7-10H2,1-3,5-6H3/b16-12-,18-14?. The molecule has 0 aromatic carbocycles. The van der Waals surface area contributed by atoms with Gasteiger partial charge in [0.1, 0.15) is 11.5 Å². The Kier molecular flexibility index (Phi) is 6.43. The number of nitrogens with zero attached hydrogens (tertiary/aromatic N) is 2. The summed E-state index contributed by atoms with van der Waals surface area (Å²) in [4.78, 5) is 8.88. The summed E-state index contributed by atoms with van der Waals surface area (Å²) in [7, 11) is 0. The van der Waals surface area contributed by atoms with Crippen molar-refractivity contribution >= 4 is 5.71 Å². The fraction of sp³-hybridized carbons (Fsp3) is 0.529. The smallest absolute Gasteiger partial charge is 0.181 e. The molecule has 1 aromatic heterocycles. The van der Waals surface area contributed by atoms with Crippen molar-refractivity contribution in [3.8, 4) is 0 Å². The summed E-state index contributed by atoms with van der Waals surface area (Å²) in [6, 6.07) is 0. The van der Waals surface area contributed by atoms with Crippen LogP contribution in [0.15, 0.2) is 39.1 Å². The van der Waals surface area contributed by atoms with Gasteiger partial charge in [0, 0.05) is 0 Å². The summed E-state index contributed by atoms with van der Waals surface area (Å²) < 4.78 is 5.23. The number of hydrogen-bond acceptors (Lipinski definition) is 3. The SMILES string of the molecule is C=C(CCC)/C(CN=C(C)c1ncoc1C)=C(/C)CC. The molecule has 0 radical (unpaired) electrons. The molecule has 1 rings (SSSR count). The van der Waals surface area contributed by atoms with Crippen molar-refractivity contribution < 1.29 is 4.42 Å². The molecule has 0 bridgehead atoms. The van der Waals surface area contributed by atoms with Gasteiger partial charge < -0.3 is 4.42 Å². The van der Waals surface area contributed by atoms with E-state index in [9.17, 15) is 0 Å². The molecule has 20 heavy (non-hydrogen) atoms. The van der Waals surface area contributed by atoms with Crippen molar-refractivity contribution in [1.29, 1.82) is 0 Å². The second kappa shape index (κ2) is 7.83. The maximum Gasteiger partial charge on any atom is 0.181 e. The summed E-state index contributed by atoms with van der Waals surface area (Å²) >= 11 is 0. The summed E-state index contributed by atoms with van der Waals surface area (Å²) in [6.07, 6.45) is 4.65. The lowest BCUT2D eigenvalue weighted by atomic mass is 9.97. The number of aromatic nitrogens is 1. The van der Waals surface area contributed by atoms with Crippen LogP contribution in [0.4, 0.5) is 0 Å². The van der Waals surface area contributed by atoms with Crippen molar-refractivity contribution in [2.75, 3.05) is 6.54 Å². The van der Waals surface area contributed by atoms with Crippen LogP contribution in [0, 0.1) is 6.92 Å². The maximum atomic E-state index is 5.23. The zero-order chi connectivity index (χ0) is 15.1. The van der Waals surface area contributed by atoms with Gasteiger partial charge >= 0.3 is 0 Å². The summed E-state index contributed by atoms with van der Waals surface area (Å²) in [5, 5.41) is 0. The Labute approximate surface area is 122 Å². The minimum absolute atomic E-state index is 0.677. The van der Waals surface area contributed by atoms with E-state index >= 15 is 0 Å². The van der Waals surface area contributed by atoms with Crippen LogP contribution in [0.1, 0.15) is 58.4 Å². The molecule has 0 aliphatic rings. The van der Waals surface area contributed by atoms with Crippen LogP contribution in [0.2, 0.25) is 0 Å². The van der Waals surface area contributed by atoms with Gasteiger partial charge in [0.2, 0.25) is 0 Å². The maximum absolute atomic E-state index is 5.23. The van der Waals surface area contributed by atoms with Gasteiger partial charge in [-0.25, -0.2) is 4.98 Å². The van der Waals surface area contributed by atoms with E-state index in [1.54, 1.807) is 0 Å².